The summed E-state index contributed by atoms with van der Waals surface area (Å²) in [5.41, 5.74) is 3.73. The van der Waals surface area contributed by atoms with E-state index in [2.05, 4.69) is 32.2 Å². The van der Waals surface area contributed by atoms with Gasteiger partial charge in [0, 0.05) is 16.6 Å². The highest BCUT2D eigenvalue weighted by Gasteiger charge is 2.35. The lowest BCUT2D eigenvalue weighted by Gasteiger charge is -2.41. The Bertz CT molecular complexity index is 1320. The van der Waals surface area contributed by atoms with Crippen molar-refractivity contribution in [3.63, 3.8) is 0 Å². The minimum absolute atomic E-state index is 0.103. The van der Waals surface area contributed by atoms with Crippen LogP contribution < -0.4 is 4.74 Å². The number of rotatable bonds is 24. The van der Waals surface area contributed by atoms with Crippen molar-refractivity contribution >= 4 is 11.9 Å². The summed E-state index contributed by atoms with van der Waals surface area (Å²) in [6.45, 7) is 15.8. The van der Waals surface area contributed by atoms with Gasteiger partial charge >= 0.3 is 11.9 Å². The number of carbonyl (C=O) groups is 2. The number of aryl methyl sites for hydroxylation is 2. The molecule has 7 heteroatoms. The molecule has 0 saturated heterocycles. The molecule has 3 fully saturated rings. The predicted molar refractivity (Wildman–Crippen MR) is 231 cm³/mol. The second-order valence-corrected chi connectivity index (χ2v) is 18.5. The first-order valence-corrected chi connectivity index (χ1v) is 23.2. The topological polar surface area (TPSA) is 102 Å². The average Bonchev–Trinajstić information content (AvgIpc) is 3.23. The first kappa shape index (κ1) is 47.0. The van der Waals surface area contributed by atoms with Crippen molar-refractivity contribution in [2.24, 2.45) is 35.0 Å². The molecular weight excluding hydrogens is 713 g/mol. The third-order valence-corrected chi connectivity index (χ3v) is 14.4. The Morgan fingerprint density at radius 3 is 1.54 bits per heavy atom. The molecular formula is C50H80O7. The van der Waals surface area contributed by atoms with Gasteiger partial charge in [0.1, 0.15) is 5.75 Å². The molecule has 0 bridgehead atoms. The first-order chi connectivity index (χ1) is 27.5. The third kappa shape index (κ3) is 14.5. The van der Waals surface area contributed by atoms with E-state index in [1.54, 1.807) is 13.8 Å². The molecule has 3 aliphatic carbocycles. The summed E-state index contributed by atoms with van der Waals surface area (Å²) in [6, 6.07) is 4.67. The maximum Gasteiger partial charge on any atom is 0.333 e. The van der Waals surface area contributed by atoms with Crippen molar-refractivity contribution in [3.8, 4) is 5.75 Å². The monoisotopic (exact) mass is 793 g/mol. The van der Waals surface area contributed by atoms with Crippen molar-refractivity contribution < 1.29 is 34.0 Å². The van der Waals surface area contributed by atoms with Gasteiger partial charge in [0.2, 0.25) is 0 Å². The molecule has 3 saturated carbocycles. The minimum Gasteiger partial charge on any atom is -0.493 e. The number of ether oxygens (including phenoxy) is 3. The summed E-state index contributed by atoms with van der Waals surface area (Å²) in [4.78, 5) is 24.3. The van der Waals surface area contributed by atoms with Crippen molar-refractivity contribution in [3.05, 3.63) is 53.1 Å². The first-order valence-electron chi connectivity index (χ1n) is 23.2. The molecule has 0 aromatic heterocycles. The van der Waals surface area contributed by atoms with E-state index < -0.39 is 5.41 Å². The molecule has 4 rings (SSSR count). The van der Waals surface area contributed by atoms with E-state index in [4.69, 9.17) is 14.2 Å². The fourth-order valence-corrected chi connectivity index (χ4v) is 10.3. The zero-order valence-electron chi connectivity index (χ0n) is 36.6. The van der Waals surface area contributed by atoms with Crippen molar-refractivity contribution in [2.45, 2.75) is 175 Å². The van der Waals surface area contributed by atoms with Gasteiger partial charge < -0.3 is 24.4 Å². The van der Waals surface area contributed by atoms with E-state index in [9.17, 15) is 19.8 Å². The number of carbonyl (C=O) groups excluding carboxylic acids is 2. The van der Waals surface area contributed by atoms with E-state index in [-0.39, 0.29) is 25.2 Å². The van der Waals surface area contributed by atoms with Crippen molar-refractivity contribution in [2.75, 3.05) is 33.0 Å². The Labute approximate surface area is 346 Å². The quantitative estimate of drug-likeness (QED) is 0.0610. The lowest BCUT2D eigenvalue weighted by molar-refractivity contribution is -0.139. The van der Waals surface area contributed by atoms with E-state index in [0.29, 0.717) is 75.4 Å². The molecule has 1 aromatic carbocycles. The lowest BCUT2D eigenvalue weighted by atomic mass is 9.64. The van der Waals surface area contributed by atoms with E-state index in [1.165, 1.54) is 108 Å². The molecule has 0 unspecified atom stereocenters. The van der Waals surface area contributed by atoms with Crippen molar-refractivity contribution in [1.82, 2.24) is 0 Å². The standard InChI is InChI=1S/C50H80O7/c1-7-9-10-13-38-16-18-39(19-17-38)40-20-22-41(23-21-40)42-24-26-43(27-25-42)46-32-44(14-11-29-56-48(53)36(3)4)47(55-31-28-50(8-2,34-51)35-52)45(33-46)15-12-30-57-49(54)37(5)6/h32-33,38-43,51-52H,3,5,7-31,34-35H2,1-2,4,6H3. The van der Waals surface area contributed by atoms with E-state index >= 15 is 0 Å². The number of benzene rings is 1. The summed E-state index contributed by atoms with van der Waals surface area (Å²) in [5.74, 6) is 5.22. The third-order valence-electron chi connectivity index (χ3n) is 14.4. The van der Waals surface area contributed by atoms with Gasteiger partial charge in [0.15, 0.2) is 0 Å². The van der Waals surface area contributed by atoms with Crippen LogP contribution in [-0.2, 0) is 31.9 Å². The van der Waals surface area contributed by atoms with Crippen LogP contribution in [0.1, 0.15) is 179 Å². The zero-order valence-corrected chi connectivity index (χ0v) is 36.6. The molecule has 322 valence electrons. The molecule has 0 radical (unpaired) electrons. The van der Waals surface area contributed by atoms with Gasteiger partial charge in [-0.3, -0.25) is 0 Å². The maximum atomic E-state index is 12.1. The molecule has 0 aliphatic heterocycles. The molecule has 0 atom stereocenters. The van der Waals surface area contributed by atoms with Gasteiger partial charge in [0.05, 0.1) is 33.0 Å². The van der Waals surface area contributed by atoms with Gasteiger partial charge in [-0.15, -0.1) is 0 Å². The number of unbranched alkanes of at least 4 members (excludes halogenated alkanes) is 2. The van der Waals surface area contributed by atoms with Gasteiger partial charge in [-0.25, -0.2) is 9.59 Å². The number of hydrogen-bond acceptors (Lipinski definition) is 7. The lowest BCUT2D eigenvalue weighted by Crippen LogP contribution is -2.31. The Balaban J connectivity index is 1.43. The number of aliphatic hydroxyl groups excluding tert-OH is 2. The van der Waals surface area contributed by atoms with E-state index in [0.717, 1.165) is 46.5 Å². The molecule has 57 heavy (non-hydrogen) atoms. The predicted octanol–water partition coefficient (Wildman–Crippen LogP) is 11.4. The smallest absolute Gasteiger partial charge is 0.333 e. The van der Waals surface area contributed by atoms with Crippen LogP contribution in [0, 0.1) is 35.0 Å². The molecule has 7 nitrogen and oxygen atoms in total. The summed E-state index contributed by atoms with van der Waals surface area (Å²) in [7, 11) is 0. The Hall–Kier alpha value is -2.64. The largest absolute Gasteiger partial charge is 0.493 e. The fourth-order valence-electron chi connectivity index (χ4n) is 10.3. The minimum atomic E-state index is -0.598. The van der Waals surface area contributed by atoms with Crippen LogP contribution in [0.4, 0.5) is 0 Å². The zero-order chi connectivity index (χ0) is 41.2. The van der Waals surface area contributed by atoms with Crippen molar-refractivity contribution in [1.29, 1.82) is 0 Å². The van der Waals surface area contributed by atoms with Crippen LogP contribution in [0.3, 0.4) is 0 Å². The van der Waals surface area contributed by atoms with Crippen LogP contribution in [0.2, 0.25) is 0 Å². The maximum absolute atomic E-state index is 12.1. The molecule has 3 aliphatic rings. The van der Waals surface area contributed by atoms with Crippen LogP contribution in [-0.4, -0.2) is 55.2 Å². The second-order valence-electron chi connectivity index (χ2n) is 18.5. The summed E-state index contributed by atoms with van der Waals surface area (Å²) < 4.78 is 17.6. The van der Waals surface area contributed by atoms with Crippen LogP contribution in [0.15, 0.2) is 36.4 Å². The van der Waals surface area contributed by atoms with Gasteiger partial charge in [-0.1, -0.05) is 77.7 Å². The SMILES string of the molecule is C=C(C)C(=O)OCCCc1cc(C2CCC(C3CCC(C4CCC(CCCCC)CC4)CC3)CC2)cc(CCCOC(=O)C(=C)C)c1OCCC(CC)(CO)CO. The summed E-state index contributed by atoms with van der Waals surface area (Å²) in [5, 5.41) is 20.2. The Morgan fingerprint density at radius 2 is 1.12 bits per heavy atom. The fraction of sp³-hybridized carbons (Fsp3) is 0.760. The number of esters is 2. The van der Waals surface area contributed by atoms with E-state index in [1.807, 2.05) is 6.92 Å². The van der Waals surface area contributed by atoms with Crippen LogP contribution >= 0.6 is 0 Å². The average molecular weight is 793 g/mol. The highest BCUT2D eigenvalue weighted by Crippen LogP contribution is 2.48. The number of aliphatic hydroxyl groups is 2. The Morgan fingerprint density at radius 1 is 0.667 bits per heavy atom. The Kier molecular flexibility index (Phi) is 20.2. The highest BCUT2D eigenvalue weighted by atomic mass is 16.5. The van der Waals surface area contributed by atoms with Gasteiger partial charge in [-0.2, -0.15) is 0 Å². The van der Waals surface area contributed by atoms with Crippen LogP contribution in [0.25, 0.3) is 0 Å². The second kappa shape index (κ2) is 24.4. The summed E-state index contributed by atoms with van der Waals surface area (Å²) >= 11 is 0. The molecule has 1 aromatic rings. The molecule has 0 heterocycles. The highest BCUT2D eigenvalue weighted by molar-refractivity contribution is 5.87. The number of hydrogen-bond donors (Lipinski definition) is 2. The van der Waals surface area contributed by atoms with Gasteiger partial charge in [-0.05, 0) is 169 Å². The van der Waals surface area contributed by atoms with Crippen LogP contribution in [0.5, 0.6) is 5.75 Å². The van der Waals surface area contributed by atoms with Gasteiger partial charge in [0.25, 0.3) is 0 Å². The molecule has 2 N–H and O–H groups in total. The molecule has 0 spiro atoms. The normalized spacial score (nSPS) is 24.1. The molecule has 0 amide bonds. The summed E-state index contributed by atoms with van der Waals surface area (Å²) in [6.07, 6.45) is 26.1.